The van der Waals surface area contributed by atoms with Crippen LogP contribution in [0.3, 0.4) is 0 Å². The molecule has 0 saturated carbocycles. The number of hydrogen-bond donors (Lipinski definition) is 2. The summed E-state index contributed by atoms with van der Waals surface area (Å²) in [5, 5.41) is 29.1. The van der Waals surface area contributed by atoms with Crippen molar-refractivity contribution in [3.63, 3.8) is 0 Å². The molecule has 0 aliphatic carbocycles. The number of hydrogen-bond acceptors (Lipinski definition) is 4. The number of rotatable bonds is 0. The van der Waals surface area contributed by atoms with Gasteiger partial charge in [0.15, 0.2) is 0 Å². The van der Waals surface area contributed by atoms with Crippen LogP contribution in [0.4, 0.5) is 0 Å². The molecule has 0 spiro atoms. The van der Waals surface area contributed by atoms with Crippen molar-refractivity contribution in [3.05, 3.63) is 121 Å². The predicted molar refractivity (Wildman–Crippen MR) is 157 cm³/mol. The van der Waals surface area contributed by atoms with Crippen molar-refractivity contribution in [2.45, 2.75) is 0 Å². The number of phenols is 2. The molecule has 0 unspecified atom stereocenters. The molecule has 2 N–H and O–H groups in total. The van der Waals surface area contributed by atoms with Crippen LogP contribution in [-0.4, -0.2) is 20.2 Å². The van der Waals surface area contributed by atoms with Crippen molar-refractivity contribution in [2.24, 2.45) is 0 Å². The molecule has 0 amide bonds. The number of pyridine rings is 2. The Balaban J connectivity index is 0.00000277. The molecule has 0 radical (unpaired) electrons. The summed E-state index contributed by atoms with van der Waals surface area (Å²) in [6, 6.07) is 39.1. The Kier molecular flexibility index (Phi) is 6.34. The Morgan fingerprint density at radius 3 is 1.15 bits per heavy atom. The van der Waals surface area contributed by atoms with Crippen LogP contribution in [0.2, 0.25) is 0 Å². The van der Waals surface area contributed by atoms with Gasteiger partial charge in [0, 0.05) is 53.4 Å². The monoisotopic (exact) mass is 685 g/mol. The van der Waals surface area contributed by atoms with Gasteiger partial charge in [-0.05, 0) is 59.3 Å². The summed E-state index contributed by atoms with van der Waals surface area (Å²) in [4.78, 5) is 9.83. The summed E-state index contributed by atoms with van der Waals surface area (Å²) in [6.45, 7) is 0. The van der Waals surface area contributed by atoms with Crippen LogP contribution < -0.4 is 0 Å². The molecule has 3 heterocycles. The van der Waals surface area contributed by atoms with E-state index in [0.29, 0.717) is 21.8 Å². The number of phenolic OH excluding ortho intramolecular Hbond substituents is 2. The van der Waals surface area contributed by atoms with Crippen LogP contribution in [-0.2, 0) is 21.1 Å². The maximum atomic E-state index is 11.4. The summed E-state index contributed by atoms with van der Waals surface area (Å²) in [6.07, 6.45) is 0. The van der Waals surface area contributed by atoms with E-state index in [1.54, 1.807) is 0 Å². The molecule has 4 nitrogen and oxygen atoms in total. The smallest absolute Gasteiger partial charge is 0.132 e. The largest absolute Gasteiger partial charge is 0.507 e. The van der Waals surface area contributed by atoms with E-state index in [1.165, 1.54) is 0 Å². The van der Waals surface area contributed by atoms with Gasteiger partial charge in [-0.15, -0.1) is 0 Å². The zero-order valence-electron chi connectivity index (χ0n) is 20.7. The molecule has 190 valence electrons. The zero-order chi connectivity index (χ0) is 25.6. The third-order valence-electron chi connectivity index (χ3n) is 7.06. The van der Waals surface area contributed by atoms with E-state index < -0.39 is 0 Å². The molecule has 5 heteroatoms. The van der Waals surface area contributed by atoms with Gasteiger partial charge in [0.1, 0.15) is 11.5 Å². The first-order chi connectivity index (χ1) is 18.7. The minimum absolute atomic E-state index is 0. The zero-order valence-corrected chi connectivity index (χ0v) is 22.9. The molecule has 7 rings (SSSR count). The van der Waals surface area contributed by atoms with E-state index in [4.69, 9.17) is 9.97 Å². The summed E-state index contributed by atoms with van der Waals surface area (Å²) in [7, 11) is 0. The normalized spacial score (nSPS) is 11.1. The van der Waals surface area contributed by atoms with Gasteiger partial charge in [-0.3, -0.25) is 0 Å². The number of benzene rings is 4. The first kappa shape index (κ1) is 24.8. The van der Waals surface area contributed by atoms with Crippen LogP contribution in [0.15, 0.2) is 121 Å². The fourth-order valence-corrected chi connectivity index (χ4v) is 5.15. The third kappa shape index (κ3) is 4.33. The van der Waals surface area contributed by atoms with Crippen LogP contribution in [0, 0.1) is 0 Å². The number of para-hydroxylation sites is 2. The van der Waals surface area contributed by atoms with Crippen molar-refractivity contribution < 1.29 is 31.3 Å². The van der Waals surface area contributed by atoms with Gasteiger partial charge >= 0.3 is 0 Å². The summed E-state index contributed by atoms with van der Waals surface area (Å²) >= 11 is 0. The Labute approximate surface area is 238 Å². The van der Waals surface area contributed by atoms with Crippen LogP contribution in [0.1, 0.15) is 0 Å². The maximum absolute atomic E-state index is 11.4. The molecule has 4 aromatic carbocycles. The van der Waals surface area contributed by atoms with Gasteiger partial charge in [0.2, 0.25) is 0 Å². The minimum Gasteiger partial charge on any atom is -0.507 e. The first-order valence-electron chi connectivity index (χ1n) is 12.5. The molecule has 0 aliphatic rings. The van der Waals surface area contributed by atoms with Gasteiger partial charge in [-0.2, -0.15) is 0 Å². The number of aromatic nitrogens is 2. The van der Waals surface area contributed by atoms with Gasteiger partial charge in [-0.1, -0.05) is 72.8 Å². The molecule has 0 fully saturated rings. The molecular weight excluding hydrogens is 663 g/mol. The van der Waals surface area contributed by atoms with Crippen LogP contribution in [0.25, 0.3) is 65.2 Å². The standard InChI is InChI=1S/C34H22N2O2.Pt/c37-33-25-11-3-13-27(33)32-18-6-16-30(36-32)24-10-2-8-22(20-24)26-12-4-14-28(34(26)38)31-17-5-15-29(35-31)23-9-1-7-21(25)19-23;/h1-20,37-38H;. The van der Waals surface area contributed by atoms with E-state index >= 15 is 0 Å². The molecular formula is C34H22N2O2Pt. The number of nitrogens with zero attached hydrogens (tertiary/aromatic N) is 2. The molecule has 3 aromatic heterocycles. The summed E-state index contributed by atoms with van der Waals surface area (Å²) in [5.41, 5.74) is 2.93. The Morgan fingerprint density at radius 2 is 0.692 bits per heavy atom. The minimum atomic E-state index is 0. The topological polar surface area (TPSA) is 66.2 Å². The van der Waals surface area contributed by atoms with Crippen LogP contribution in [0.5, 0.6) is 11.5 Å². The Morgan fingerprint density at radius 1 is 0.359 bits per heavy atom. The van der Waals surface area contributed by atoms with Gasteiger partial charge in [-0.25, -0.2) is 9.97 Å². The molecule has 12 bridgehead atoms. The maximum Gasteiger partial charge on any atom is 0.132 e. The predicted octanol–water partition coefficient (Wildman–Crippen LogP) is 8.49. The molecule has 0 atom stereocenters. The Bertz CT molecular complexity index is 1870. The van der Waals surface area contributed by atoms with Crippen LogP contribution >= 0.6 is 0 Å². The van der Waals surface area contributed by atoms with Crippen molar-refractivity contribution in [2.75, 3.05) is 0 Å². The van der Waals surface area contributed by atoms with E-state index in [1.807, 2.05) is 121 Å². The number of fused-ring (bicyclic) bond motifs is 18. The molecule has 39 heavy (non-hydrogen) atoms. The van der Waals surface area contributed by atoms with Crippen molar-refractivity contribution >= 4 is 65.2 Å². The van der Waals surface area contributed by atoms with Gasteiger partial charge in [0.05, 0.1) is 22.1 Å². The Hall–Kier alpha value is -4.53. The van der Waals surface area contributed by atoms with Gasteiger partial charge < -0.3 is 10.2 Å². The van der Waals surface area contributed by atoms with Crippen molar-refractivity contribution in [3.8, 4) is 11.5 Å². The first-order valence-corrected chi connectivity index (χ1v) is 12.5. The van der Waals surface area contributed by atoms with E-state index in [2.05, 4.69) is 0 Å². The average molecular weight is 686 g/mol. The fourth-order valence-electron chi connectivity index (χ4n) is 5.15. The molecule has 0 aliphatic heterocycles. The number of aromatic hydroxyl groups is 2. The van der Waals surface area contributed by atoms with E-state index in [-0.39, 0.29) is 32.6 Å². The van der Waals surface area contributed by atoms with E-state index in [0.717, 1.165) is 43.4 Å². The SMILES string of the molecule is Oc1c2cccc1c1cccc(n1)c1cccc(c1)c1cccc(c1O)c1cccc(n1)c1cccc2c1.[Pt]. The third-order valence-corrected chi connectivity index (χ3v) is 7.06. The summed E-state index contributed by atoms with van der Waals surface area (Å²) < 4.78 is 0. The second kappa shape index (κ2) is 9.98. The molecule has 7 aromatic rings. The van der Waals surface area contributed by atoms with Crippen molar-refractivity contribution in [1.82, 2.24) is 9.97 Å². The van der Waals surface area contributed by atoms with Gasteiger partial charge in [0.25, 0.3) is 0 Å². The second-order valence-electron chi connectivity index (χ2n) is 9.38. The molecule has 0 saturated heterocycles. The quantitative estimate of drug-likeness (QED) is 0.168. The van der Waals surface area contributed by atoms with E-state index in [9.17, 15) is 10.2 Å². The van der Waals surface area contributed by atoms with Crippen molar-refractivity contribution in [1.29, 1.82) is 0 Å². The average Bonchev–Trinajstić information content (AvgIpc) is 2.97. The summed E-state index contributed by atoms with van der Waals surface area (Å²) in [5.74, 6) is 0.372. The second-order valence-corrected chi connectivity index (χ2v) is 9.38. The fraction of sp³-hybridized carbons (Fsp3) is 0.